The Morgan fingerprint density at radius 1 is 1.11 bits per heavy atom. The number of hydrogen-bond acceptors (Lipinski definition) is 3. The van der Waals surface area contributed by atoms with Gasteiger partial charge in [0, 0.05) is 17.3 Å². The van der Waals surface area contributed by atoms with Crippen molar-refractivity contribution in [3.8, 4) is 0 Å². The Hall–Kier alpha value is -2.49. The maximum atomic E-state index is 11.6. The number of aromatic nitrogens is 1. The lowest BCUT2D eigenvalue weighted by atomic mass is 10.0. The third-order valence-corrected chi connectivity index (χ3v) is 2.78. The molecule has 88 valence electrons. The van der Waals surface area contributed by atoms with Crippen LogP contribution in [0.15, 0.2) is 53.8 Å². The Kier molecular flexibility index (Phi) is 2.61. The molecule has 0 bridgehead atoms. The van der Waals surface area contributed by atoms with Gasteiger partial charge < -0.3 is 5.32 Å². The second kappa shape index (κ2) is 4.41. The van der Waals surface area contributed by atoms with Crippen LogP contribution in [0.5, 0.6) is 0 Å². The molecule has 0 unspecified atom stereocenters. The highest BCUT2D eigenvalue weighted by Crippen LogP contribution is 2.21. The zero-order chi connectivity index (χ0) is 12.4. The molecule has 0 aliphatic carbocycles. The number of pyridine rings is 1. The van der Waals surface area contributed by atoms with Gasteiger partial charge >= 0.3 is 0 Å². The lowest BCUT2D eigenvalue weighted by molar-refractivity contribution is -0.114. The van der Waals surface area contributed by atoms with Gasteiger partial charge in [0.1, 0.15) is 6.54 Å². The molecule has 0 atom stereocenters. The van der Waals surface area contributed by atoms with Gasteiger partial charge in [0.25, 0.3) is 0 Å². The van der Waals surface area contributed by atoms with Crippen molar-refractivity contribution in [2.75, 3.05) is 11.9 Å². The predicted octanol–water partition coefficient (Wildman–Crippen LogP) is 1.87. The fourth-order valence-electron chi connectivity index (χ4n) is 1.97. The molecular weight excluding hydrogens is 226 g/mol. The molecule has 1 aliphatic heterocycles. The lowest BCUT2D eigenvalue weighted by Crippen LogP contribution is -2.13. The Morgan fingerprint density at radius 3 is 2.78 bits per heavy atom. The van der Waals surface area contributed by atoms with Gasteiger partial charge in [0.05, 0.1) is 17.6 Å². The molecule has 0 saturated carbocycles. The van der Waals surface area contributed by atoms with Crippen LogP contribution in [-0.4, -0.2) is 23.1 Å². The van der Waals surface area contributed by atoms with Crippen LogP contribution in [0.1, 0.15) is 11.1 Å². The molecule has 1 aliphatic rings. The average Bonchev–Trinajstić information content (AvgIpc) is 2.58. The van der Waals surface area contributed by atoms with Crippen LogP contribution in [0.2, 0.25) is 0 Å². The molecule has 4 heteroatoms. The molecule has 2 aromatic rings. The number of carbonyl (C=O) groups excluding carboxylic acids is 1. The molecule has 0 fully saturated rings. The monoisotopic (exact) mass is 237 g/mol. The number of hydrogen-bond donors (Lipinski definition) is 1. The molecule has 1 aromatic heterocycles. The van der Waals surface area contributed by atoms with E-state index in [0.29, 0.717) is 5.69 Å². The van der Waals surface area contributed by atoms with E-state index >= 15 is 0 Å². The van der Waals surface area contributed by atoms with Gasteiger partial charge in [0.2, 0.25) is 5.91 Å². The summed E-state index contributed by atoms with van der Waals surface area (Å²) in [5, 5.41) is 2.81. The van der Waals surface area contributed by atoms with Crippen molar-refractivity contribution in [2.24, 2.45) is 4.99 Å². The Labute approximate surface area is 104 Å². The average molecular weight is 237 g/mol. The second-order valence-electron chi connectivity index (χ2n) is 4.00. The summed E-state index contributed by atoms with van der Waals surface area (Å²) in [6.45, 7) is 0.138. The molecule has 1 aromatic carbocycles. The number of aliphatic imine (C=N–C) groups is 1. The predicted molar refractivity (Wildman–Crippen MR) is 69.8 cm³/mol. The van der Waals surface area contributed by atoms with E-state index in [1.807, 2.05) is 36.4 Å². The number of anilines is 1. The van der Waals surface area contributed by atoms with Crippen molar-refractivity contribution in [3.05, 3.63) is 59.9 Å². The molecule has 4 nitrogen and oxygen atoms in total. The summed E-state index contributed by atoms with van der Waals surface area (Å²) in [4.78, 5) is 20.0. The quantitative estimate of drug-likeness (QED) is 0.823. The fraction of sp³-hybridized carbons (Fsp3) is 0.0714. The van der Waals surface area contributed by atoms with E-state index in [-0.39, 0.29) is 12.5 Å². The number of amides is 1. The first-order valence-electron chi connectivity index (χ1n) is 5.69. The number of benzene rings is 1. The van der Waals surface area contributed by atoms with Crippen LogP contribution >= 0.6 is 0 Å². The van der Waals surface area contributed by atoms with Crippen LogP contribution < -0.4 is 5.32 Å². The van der Waals surface area contributed by atoms with Gasteiger partial charge in [-0.15, -0.1) is 0 Å². The van der Waals surface area contributed by atoms with Crippen LogP contribution in [0.3, 0.4) is 0 Å². The van der Waals surface area contributed by atoms with Crippen molar-refractivity contribution in [1.29, 1.82) is 0 Å². The van der Waals surface area contributed by atoms with E-state index in [0.717, 1.165) is 16.8 Å². The maximum Gasteiger partial charge on any atom is 0.246 e. The third kappa shape index (κ3) is 1.88. The van der Waals surface area contributed by atoms with Crippen molar-refractivity contribution in [3.63, 3.8) is 0 Å². The van der Waals surface area contributed by atoms with E-state index in [1.165, 1.54) is 0 Å². The first-order valence-corrected chi connectivity index (χ1v) is 5.69. The van der Waals surface area contributed by atoms with E-state index in [1.54, 1.807) is 12.4 Å². The molecule has 1 N–H and O–H groups in total. The van der Waals surface area contributed by atoms with Gasteiger partial charge in [-0.25, -0.2) is 0 Å². The minimum absolute atomic E-state index is 0.116. The molecule has 2 heterocycles. The summed E-state index contributed by atoms with van der Waals surface area (Å²) < 4.78 is 0. The first-order chi connectivity index (χ1) is 8.84. The summed E-state index contributed by atoms with van der Waals surface area (Å²) in [6.07, 6.45) is 3.35. The molecule has 0 saturated heterocycles. The van der Waals surface area contributed by atoms with Crippen LogP contribution in [0.4, 0.5) is 5.69 Å². The molecule has 0 radical (unpaired) electrons. The van der Waals surface area contributed by atoms with Gasteiger partial charge in [0.15, 0.2) is 0 Å². The summed E-state index contributed by atoms with van der Waals surface area (Å²) in [5.74, 6) is -0.116. The number of nitrogens with zero attached hydrogens (tertiary/aromatic N) is 2. The van der Waals surface area contributed by atoms with Crippen molar-refractivity contribution in [2.45, 2.75) is 0 Å². The molecule has 3 rings (SSSR count). The zero-order valence-corrected chi connectivity index (χ0v) is 9.63. The molecular formula is C14H11N3O. The second-order valence-corrected chi connectivity index (χ2v) is 4.00. The highest BCUT2D eigenvalue weighted by atomic mass is 16.1. The highest BCUT2D eigenvalue weighted by Gasteiger charge is 2.17. The largest absolute Gasteiger partial charge is 0.323 e. The minimum atomic E-state index is -0.116. The summed E-state index contributed by atoms with van der Waals surface area (Å²) in [5.41, 5.74) is 3.44. The fourth-order valence-corrected chi connectivity index (χ4v) is 1.97. The SMILES string of the molecule is O=C1CN=C(c2ccccc2)c2ccncc2N1. The summed E-state index contributed by atoms with van der Waals surface area (Å²) >= 11 is 0. The topological polar surface area (TPSA) is 54.4 Å². The van der Waals surface area contributed by atoms with Gasteiger partial charge in [-0.2, -0.15) is 0 Å². The standard InChI is InChI=1S/C14H11N3O/c18-13-9-16-14(10-4-2-1-3-5-10)11-6-7-15-8-12(11)17-13/h1-8H,9H2,(H,17,18). The first kappa shape index (κ1) is 10.7. The number of nitrogens with one attached hydrogen (secondary N) is 1. The van der Waals surface area contributed by atoms with Crippen molar-refractivity contribution in [1.82, 2.24) is 4.98 Å². The normalized spacial score (nSPS) is 14.2. The zero-order valence-electron chi connectivity index (χ0n) is 9.63. The van der Waals surface area contributed by atoms with E-state index in [4.69, 9.17) is 0 Å². The van der Waals surface area contributed by atoms with Crippen LogP contribution in [0.25, 0.3) is 0 Å². The Bertz CT molecular complexity index is 620. The number of carbonyl (C=O) groups is 1. The van der Waals surface area contributed by atoms with Crippen molar-refractivity contribution < 1.29 is 4.79 Å². The molecule has 0 spiro atoms. The third-order valence-electron chi connectivity index (χ3n) is 2.78. The minimum Gasteiger partial charge on any atom is -0.323 e. The molecule has 18 heavy (non-hydrogen) atoms. The van der Waals surface area contributed by atoms with E-state index in [2.05, 4.69) is 15.3 Å². The summed E-state index contributed by atoms with van der Waals surface area (Å²) in [7, 11) is 0. The maximum absolute atomic E-state index is 11.6. The van der Waals surface area contributed by atoms with Crippen molar-refractivity contribution >= 4 is 17.3 Å². The number of fused-ring (bicyclic) bond motifs is 1. The number of rotatable bonds is 1. The van der Waals surface area contributed by atoms with E-state index < -0.39 is 0 Å². The van der Waals surface area contributed by atoms with Crippen LogP contribution in [-0.2, 0) is 4.79 Å². The Morgan fingerprint density at radius 2 is 1.94 bits per heavy atom. The highest BCUT2D eigenvalue weighted by molar-refractivity contribution is 6.18. The smallest absolute Gasteiger partial charge is 0.246 e. The van der Waals surface area contributed by atoms with Gasteiger partial charge in [-0.1, -0.05) is 30.3 Å². The lowest BCUT2D eigenvalue weighted by Gasteiger charge is -2.08. The van der Waals surface area contributed by atoms with Gasteiger partial charge in [-0.3, -0.25) is 14.8 Å². The van der Waals surface area contributed by atoms with Gasteiger partial charge in [-0.05, 0) is 6.07 Å². The van der Waals surface area contributed by atoms with E-state index in [9.17, 15) is 4.79 Å². The Balaban J connectivity index is 2.17. The summed E-state index contributed by atoms with van der Waals surface area (Å²) in [6, 6.07) is 11.7. The van der Waals surface area contributed by atoms with Crippen LogP contribution in [0, 0.1) is 0 Å². The molecule has 1 amide bonds.